The van der Waals surface area contributed by atoms with Crippen molar-refractivity contribution in [2.45, 2.75) is 53.8 Å². The summed E-state index contributed by atoms with van der Waals surface area (Å²) in [5, 5.41) is 9.84. The van der Waals surface area contributed by atoms with Gasteiger partial charge in [0, 0.05) is 28.8 Å². The molecule has 8 heteroatoms. The highest BCUT2D eigenvalue weighted by Crippen LogP contribution is 2.57. The van der Waals surface area contributed by atoms with Crippen molar-refractivity contribution in [1.29, 1.82) is 0 Å². The van der Waals surface area contributed by atoms with Gasteiger partial charge in [-0.3, -0.25) is 9.59 Å². The highest BCUT2D eigenvalue weighted by molar-refractivity contribution is 5.97. The van der Waals surface area contributed by atoms with Crippen molar-refractivity contribution in [3.63, 3.8) is 0 Å². The Labute approximate surface area is 226 Å². The first-order valence-corrected chi connectivity index (χ1v) is 12.6. The van der Waals surface area contributed by atoms with Gasteiger partial charge in [0.2, 0.25) is 0 Å². The summed E-state index contributed by atoms with van der Waals surface area (Å²) in [5.41, 5.74) is -0.304. The second-order valence-electron chi connectivity index (χ2n) is 11.8. The molecule has 0 atom stereocenters. The number of carbonyl (C=O) groups excluding carboxylic acids is 3. The molecule has 0 unspecified atom stereocenters. The summed E-state index contributed by atoms with van der Waals surface area (Å²) < 4.78 is 23.6. The molecule has 0 fully saturated rings. The predicted octanol–water partition coefficient (Wildman–Crippen LogP) is 5.65. The molecular weight excluding hydrogens is 500 g/mol. The molecule has 2 aliphatic heterocycles. The summed E-state index contributed by atoms with van der Waals surface area (Å²) in [6, 6.07) is 14.8. The number of aliphatic hydroxyl groups is 1. The van der Waals surface area contributed by atoms with Crippen molar-refractivity contribution in [2.24, 2.45) is 10.8 Å². The molecule has 0 saturated carbocycles. The number of carbonyl (C=O) groups is 3. The molecule has 3 aromatic rings. The molecule has 0 aliphatic carbocycles. The summed E-state index contributed by atoms with van der Waals surface area (Å²) in [4.78, 5) is 38.2. The van der Waals surface area contributed by atoms with E-state index in [0.717, 1.165) is 0 Å². The highest BCUT2D eigenvalue weighted by atomic mass is 16.6. The quantitative estimate of drug-likeness (QED) is 0.342. The van der Waals surface area contributed by atoms with E-state index in [4.69, 9.17) is 18.9 Å². The number of esters is 3. The van der Waals surface area contributed by atoms with E-state index in [0.29, 0.717) is 39.3 Å². The summed E-state index contributed by atoms with van der Waals surface area (Å²) in [5.74, 6) is -0.246. The zero-order valence-corrected chi connectivity index (χ0v) is 22.7. The van der Waals surface area contributed by atoms with Crippen molar-refractivity contribution >= 4 is 17.9 Å². The average molecular weight is 531 g/mol. The van der Waals surface area contributed by atoms with Crippen LogP contribution in [0.2, 0.25) is 0 Å². The maximum Gasteiger partial charge on any atom is 0.340 e. The van der Waals surface area contributed by atoms with Gasteiger partial charge in [0.05, 0.1) is 23.0 Å². The van der Waals surface area contributed by atoms with Crippen molar-refractivity contribution in [3.8, 4) is 23.0 Å². The standard InChI is InChI=1S/C31H30O8/c1-29(2,3)27(34)36-18-8-11-21-24(14-18)38-25-15-19(37-28(35)30(4,5)6)9-12-22(25)31(21)23-13-17(16-32)7-10-20(23)26(33)39-31/h7-15,32H,16H2,1-6H3. The van der Waals surface area contributed by atoms with Gasteiger partial charge in [-0.25, -0.2) is 4.79 Å². The first-order valence-electron chi connectivity index (χ1n) is 12.6. The first kappa shape index (κ1) is 26.4. The van der Waals surface area contributed by atoms with Crippen molar-refractivity contribution in [2.75, 3.05) is 0 Å². The van der Waals surface area contributed by atoms with Crippen LogP contribution in [0.5, 0.6) is 23.0 Å². The Morgan fingerprint density at radius 2 is 1.28 bits per heavy atom. The Morgan fingerprint density at radius 1 is 0.769 bits per heavy atom. The molecule has 0 bridgehead atoms. The number of rotatable bonds is 3. The van der Waals surface area contributed by atoms with Crippen molar-refractivity contribution in [3.05, 3.63) is 82.4 Å². The summed E-state index contributed by atoms with van der Waals surface area (Å²) in [7, 11) is 0. The molecule has 8 nitrogen and oxygen atoms in total. The molecule has 0 radical (unpaired) electrons. The monoisotopic (exact) mass is 530 g/mol. The van der Waals surface area contributed by atoms with E-state index in [1.165, 1.54) is 0 Å². The predicted molar refractivity (Wildman–Crippen MR) is 141 cm³/mol. The van der Waals surface area contributed by atoms with E-state index in [1.807, 2.05) is 0 Å². The minimum Gasteiger partial charge on any atom is -0.456 e. The SMILES string of the molecule is CC(C)(C)C(=O)Oc1ccc2c(c1)Oc1cc(OC(=O)C(C)(C)C)ccc1C21OC(=O)c2ccc(CO)cc21. The molecule has 0 aromatic heterocycles. The topological polar surface area (TPSA) is 108 Å². The maximum atomic E-state index is 13.1. The zero-order chi connectivity index (χ0) is 28.3. The second-order valence-corrected chi connectivity index (χ2v) is 11.8. The molecule has 1 spiro atoms. The molecule has 0 amide bonds. The zero-order valence-electron chi connectivity index (χ0n) is 22.7. The number of hydrogen-bond donors (Lipinski definition) is 1. The number of aliphatic hydroxyl groups excluding tert-OH is 1. The van der Waals surface area contributed by atoms with Gasteiger partial charge in [0.15, 0.2) is 5.60 Å². The Kier molecular flexibility index (Phi) is 6.07. The van der Waals surface area contributed by atoms with Crippen LogP contribution < -0.4 is 14.2 Å². The van der Waals surface area contributed by atoms with Crippen LogP contribution in [0.3, 0.4) is 0 Å². The Bertz CT molecular complexity index is 1440. The lowest BCUT2D eigenvalue weighted by molar-refractivity contribution is -0.143. The maximum absolute atomic E-state index is 13.1. The van der Waals surface area contributed by atoms with Gasteiger partial charge in [-0.05, 0) is 83.5 Å². The summed E-state index contributed by atoms with van der Waals surface area (Å²) in [6.45, 7) is 10.3. The van der Waals surface area contributed by atoms with Gasteiger partial charge >= 0.3 is 17.9 Å². The highest BCUT2D eigenvalue weighted by Gasteiger charge is 2.54. The van der Waals surface area contributed by atoms with E-state index in [9.17, 15) is 19.5 Å². The lowest BCUT2D eigenvalue weighted by Crippen LogP contribution is -2.33. The molecule has 202 valence electrons. The van der Waals surface area contributed by atoms with Gasteiger partial charge in [-0.2, -0.15) is 0 Å². The van der Waals surface area contributed by atoms with Crippen molar-refractivity contribution < 1.29 is 38.4 Å². The van der Waals surface area contributed by atoms with Gasteiger partial charge < -0.3 is 24.1 Å². The van der Waals surface area contributed by atoms with Crippen LogP contribution >= 0.6 is 0 Å². The molecule has 3 aromatic carbocycles. The molecule has 5 rings (SSSR count). The number of fused-ring (bicyclic) bond motifs is 6. The Morgan fingerprint density at radius 3 is 1.74 bits per heavy atom. The first-order chi connectivity index (χ1) is 18.2. The minimum atomic E-state index is -1.40. The lowest BCUT2D eigenvalue weighted by atomic mass is 9.77. The molecule has 39 heavy (non-hydrogen) atoms. The molecule has 1 N–H and O–H groups in total. The van der Waals surface area contributed by atoms with Crippen molar-refractivity contribution in [1.82, 2.24) is 0 Å². The third-order valence-electron chi connectivity index (χ3n) is 6.64. The Hall–Kier alpha value is -4.17. The van der Waals surface area contributed by atoms with Gasteiger partial charge in [-0.15, -0.1) is 0 Å². The van der Waals surface area contributed by atoms with E-state index in [2.05, 4.69) is 0 Å². The van der Waals surface area contributed by atoms with Crippen LogP contribution in [0.4, 0.5) is 0 Å². The van der Waals surface area contributed by atoms with E-state index >= 15 is 0 Å². The fourth-order valence-corrected chi connectivity index (χ4v) is 4.47. The second kappa shape index (κ2) is 8.95. The summed E-state index contributed by atoms with van der Waals surface area (Å²) in [6.07, 6.45) is 0. The van der Waals surface area contributed by atoms with Crippen LogP contribution in [0.1, 0.15) is 74.2 Å². The number of ether oxygens (including phenoxy) is 4. The summed E-state index contributed by atoms with van der Waals surface area (Å²) >= 11 is 0. The van der Waals surface area contributed by atoms with Crippen LogP contribution in [0, 0.1) is 10.8 Å². The van der Waals surface area contributed by atoms with Gasteiger partial charge in [-0.1, -0.05) is 6.07 Å². The largest absolute Gasteiger partial charge is 0.456 e. The molecular formula is C31H30O8. The molecule has 2 heterocycles. The number of benzene rings is 3. The third kappa shape index (κ3) is 4.44. The van der Waals surface area contributed by atoms with E-state index in [1.54, 1.807) is 96.1 Å². The van der Waals surface area contributed by atoms with Crippen LogP contribution in [-0.2, 0) is 26.5 Å². The Balaban J connectivity index is 1.69. The average Bonchev–Trinajstić information content (AvgIpc) is 3.14. The lowest BCUT2D eigenvalue weighted by Gasteiger charge is -2.37. The van der Waals surface area contributed by atoms with E-state index in [-0.39, 0.29) is 18.1 Å². The number of hydrogen-bond acceptors (Lipinski definition) is 8. The van der Waals surface area contributed by atoms with Crippen LogP contribution in [-0.4, -0.2) is 23.0 Å². The third-order valence-corrected chi connectivity index (χ3v) is 6.64. The van der Waals surface area contributed by atoms with Crippen LogP contribution in [0.15, 0.2) is 54.6 Å². The van der Waals surface area contributed by atoms with Crippen LogP contribution in [0.25, 0.3) is 0 Å². The smallest absolute Gasteiger partial charge is 0.340 e. The minimum absolute atomic E-state index is 0.225. The van der Waals surface area contributed by atoms with E-state index < -0.39 is 34.3 Å². The van der Waals surface area contributed by atoms with Gasteiger partial charge in [0.25, 0.3) is 0 Å². The normalized spacial score (nSPS) is 15.0. The van der Waals surface area contributed by atoms with Gasteiger partial charge in [0.1, 0.15) is 23.0 Å². The molecule has 2 aliphatic rings. The fourth-order valence-electron chi connectivity index (χ4n) is 4.47. The fraction of sp³-hybridized carbons (Fsp3) is 0.323. The molecule has 0 saturated heterocycles.